The monoisotopic (exact) mass is 370 g/mol. The number of aryl methyl sites for hydroxylation is 1. The van der Waals surface area contributed by atoms with Crippen LogP contribution in [0.5, 0.6) is 17.2 Å². The van der Waals surface area contributed by atoms with E-state index in [1.807, 2.05) is 19.1 Å². The Morgan fingerprint density at radius 1 is 0.852 bits per heavy atom. The fraction of sp³-hybridized carbons (Fsp3) is 0.200. The molecule has 0 aliphatic heterocycles. The number of rotatable bonds is 6. The van der Waals surface area contributed by atoms with Crippen molar-refractivity contribution in [2.24, 2.45) is 0 Å². The number of ether oxygens (including phenoxy) is 3. The van der Waals surface area contributed by atoms with E-state index in [-0.39, 0.29) is 0 Å². The van der Waals surface area contributed by atoms with Gasteiger partial charge in [-0.3, -0.25) is 20.4 Å². The molecule has 0 aliphatic rings. The normalized spacial score (nSPS) is 10.4. The van der Waals surface area contributed by atoms with Gasteiger partial charge in [0.2, 0.25) is 0 Å². The van der Waals surface area contributed by atoms with Gasteiger partial charge in [0, 0.05) is 23.3 Å². The van der Waals surface area contributed by atoms with Crippen LogP contribution in [0.15, 0.2) is 42.5 Å². The van der Waals surface area contributed by atoms with E-state index in [4.69, 9.17) is 14.2 Å². The summed E-state index contributed by atoms with van der Waals surface area (Å²) in [6.07, 6.45) is 2.83. The number of hydrogen-bond acceptors (Lipinski definition) is 5. The number of carbonyl (C=O) groups excluding carboxylic acids is 2. The maximum absolute atomic E-state index is 12.0. The van der Waals surface area contributed by atoms with Gasteiger partial charge < -0.3 is 14.2 Å². The molecular formula is C20H22N2O5. The van der Waals surface area contributed by atoms with E-state index >= 15 is 0 Å². The fourth-order valence-electron chi connectivity index (χ4n) is 2.29. The van der Waals surface area contributed by atoms with E-state index in [1.165, 1.54) is 27.4 Å². The second-order valence-electron chi connectivity index (χ2n) is 5.59. The summed E-state index contributed by atoms with van der Waals surface area (Å²) in [5.41, 5.74) is 6.81. The molecule has 0 saturated heterocycles. The largest absolute Gasteiger partial charge is 0.496 e. The molecule has 0 spiro atoms. The van der Waals surface area contributed by atoms with Crippen LogP contribution < -0.4 is 25.1 Å². The molecule has 0 radical (unpaired) electrons. The molecule has 7 heteroatoms. The van der Waals surface area contributed by atoms with Crippen LogP contribution in [0.4, 0.5) is 0 Å². The van der Waals surface area contributed by atoms with Crippen molar-refractivity contribution >= 4 is 17.9 Å². The van der Waals surface area contributed by atoms with Crippen LogP contribution in [-0.4, -0.2) is 33.1 Å². The predicted octanol–water partition coefficient (Wildman–Crippen LogP) is 2.50. The molecule has 2 N–H and O–H groups in total. The molecule has 0 aliphatic carbocycles. The van der Waals surface area contributed by atoms with Gasteiger partial charge >= 0.3 is 0 Å². The van der Waals surface area contributed by atoms with Crippen LogP contribution in [0.25, 0.3) is 6.08 Å². The van der Waals surface area contributed by atoms with Crippen molar-refractivity contribution in [3.63, 3.8) is 0 Å². The Balaban J connectivity index is 2.03. The zero-order valence-corrected chi connectivity index (χ0v) is 15.7. The van der Waals surface area contributed by atoms with E-state index in [2.05, 4.69) is 10.9 Å². The van der Waals surface area contributed by atoms with E-state index in [0.29, 0.717) is 28.4 Å². The van der Waals surface area contributed by atoms with Gasteiger partial charge in [-0.25, -0.2) is 0 Å². The lowest BCUT2D eigenvalue weighted by atomic mass is 10.1. The Labute approximate surface area is 157 Å². The van der Waals surface area contributed by atoms with Crippen molar-refractivity contribution in [2.45, 2.75) is 6.92 Å². The Morgan fingerprint density at radius 2 is 1.44 bits per heavy atom. The van der Waals surface area contributed by atoms with Crippen LogP contribution in [-0.2, 0) is 4.79 Å². The molecule has 2 rings (SSSR count). The second kappa shape index (κ2) is 9.28. The van der Waals surface area contributed by atoms with E-state index < -0.39 is 11.8 Å². The summed E-state index contributed by atoms with van der Waals surface area (Å²) >= 11 is 0. The van der Waals surface area contributed by atoms with Gasteiger partial charge in [0.05, 0.1) is 21.3 Å². The molecule has 0 unspecified atom stereocenters. The summed E-state index contributed by atoms with van der Waals surface area (Å²) in [6.45, 7) is 1.93. The maximum Gasteiger partial charge on any atom is 0.269 e. The Morgan fingerprint density at radius 3 is 2.04 bits per heavy atom. The third kappa shape index (κ3) is 5.24. The lowest BCUT2D eigenvalue weighted by Gasteiger charge is -2.12. The number of carbonyl (C=O) groups is 2. The number of amides is 2. The van der Waals surface area contributed by atoms with Crippen molar-refractivity contribution in [3.8, 4) is 17.2 Å². The van der Waals surface area contributed by atoms with Crippen molar-refractivity contribution in [2.75, 3.05) is 21.3 Å². The maximum atomic E-state index is 12.0. The van der Waals surface area contributed by atoms with E-state index in [1.54, 1.807) is 30.3 Å². The molecule has 2 aromatic rings. The standard InChI is InChI=1S/C20H22N2O5/c1-13-5-7-14(8-6-13)20(24)22-21-19(23)10-9-15-11-17(26-3)18(27-4)12-16(15)25-2/h5-12H,1-4H3,(H,21,23)(H,22,24)/b10-9+. The average molecular weight is 370 g/mol. The fourth-order valence-corrected chi connectivity index (χ4v) is 2.29. The summed E-state index contributed by atoms with van der Waals surface area (Å²) in [5, 5.41) is 0. The molecule has 0 aromatic heterocycles. The van der Waals surface area contributed by atoms with Crippen LogP contribution in [0.3, 0.4) is 0 Å². The van der Waals surface area contributed by atoms with E-state index in [9.17, 15) is 9.59 Å². The van der Waals surface area contributed by atoms with Crippen molar-refractivity contribution in [1.29, 1.82) is 0 Å². The molecular weight excluding hydrogens is 348 g/mol. The SMILES string of the molecule is COc1cc(OC)c(OC)cc1/C=C/C(=O)NNC(=O)c1ccc(C)cc1. The molecule has 2 aromatic carbocycles. The second-order valence-corrected chi connectivity index (χ2v) is 5.59. The molecule has 0 bridgehead atoms. The highest BCUT2D eigenvalue weighted by atomic mass is 16.5. The molecule has 7 nitrogen and oxygen atoms in total. The summed E-state index contributed by atoms with van der Waals surface area (Å²) in [6, 6.07) is 10.4. The van der Waals surface area contributed by atoms with Gasteiger partial charge in [-0.05, 0) is 31.2 Å². The first-order chi connectivity index (χ1) is 13.0. The molecule has 2 amide bonds. The minimum atomic E-state index is -0.493. The topological polar surface area (TPSA) is 85.9 Å². The molecule has 0 heterocycles. The third-order valence-corrected chi connectivity index (χ3v) is 3.76. The summed E-state index contributed by atoms with van der Waals surface area (Å²) < 4.78 is 15.8. The van der Waals surface area contributed by atoms with Crippen molar-refractivity contribution in [3.05, 3.63) is 59.2 Å². The quantitative estimate of drug-likeness (QED) is 0.603. The Hall–Kier alpha value is -3.48. The lowest BCUT2D eigenvalue weighted by molar-refractivity contribution is -0.117. The minimum absolute atomic E-state index is 0.402. The highest BCUT2D eigenvalue weighted by molar-refractivity contribution is 5.98. The van der Waals surface area contributed by atoms with E-state index in [0.717, 1.165) is 5.56 Å². The summed E-state index contributed by atoms with van der Waals surface area (Å²) in [7, 11) is 4.56. The van der Waals surface area contributed by atoms with Crippen LogP contribution in [0, 0.1) is 6.92 Å². The first-order valence-electron chi connectivity index (χ1n) is 8.13. The minimum Gasteiger partial charge on any atom is -0.496 e. The lowest BCUT2D eigenvalue weighted by Crippen LogP contribution is -2.40. The smallest absolute Gasteiger partial charge is 0.269 e. The van der Waals surface area contributed by atoms with Crippen LogP contribution in [0.2, 0.25) is 0 Å². The average Bonchev–Trinajstić information content (AvgIpc) is 2.70. The van der Waals surface area contributed by atoms with Crippen molar-refractivity contribution in [1.82, 2.24) is 10.9 Å². The molecule has 0 fully saturated rings. The Kier molecular flexibility index (Phi) is 6.82. The molecule has 0 saturated carbocycles. The number of methoxy groups -OCH3 is 3. The molecule has 27 heavy (non-hydrogen) atoms. The van der Waals surface area contributed by atoms with Crippen LogP contribution in [0.1, 0.15) is 21.5 Å². The zero-order chi connectivity index (χ0) is 19.8. The van der Waals surface area contributed by atoms with Gasteiger partial charge in [0.25, 0.3) is 11.8 Å². The van der Waals surface area contributed by atoms with Gasteiger partial charge in [-0.15, -0.1) is 0 Å². The number of benzene rings is 2. The summed E-state index contributed by atoms with van der Waals surface area (Å²) in [5.74, 6) is 0.639. The molecule has 0 atom stereocenters. The van der Waals surface area contributed by atoms with Gasteiger partial charge in [-0.2, -0.15) is 0 Å². The van der Waals surface area contributed by atoms with Gasteiger partial charge in [-0.1, -0.05) is 17.7 Å². The number of hydrogen-bond donors (Lipinski definition) is 2. The third-order valence-electron chi connectivity index (χ3n) is 3.76. The molecule has 142 valence electrons. The highest BCUT2D eigenvalue weighted by Crippen LogP contribution is 2.35. The first-order valence-corrected chi connectivity index (χ1v) is 8.13. The highest BCUT2D eigenvalue weighted by Gasteiger charge is 2.10. The number of nitrogens with one attached hydrogen (secondary N) is 2. The van der Waals surface area contributed by atoms with Gasteiger partial charge in [0.15, 0.2) is 11.5 Å². The number of hydrazine groups is 1. The zero-order valence-electron chi connectivity index (χ0n) is 15.7. The Bertz CT molecular complexity index is 844. The van der Waals surface area contributed by atoms with Crippen LogP contribution >= 0.6 is 0 Å². The predicted molar refractivity (Wildman–Crippen MR) is 102 cm³/mol. The van der Waals surface area contributed by atoms with Crippen molar-refractivity contribution < 1.29 is 23.8 Å². The summed E-state index contributed by atoms with van der Waals surface area (Å²) in [4.78, 5) is 24.0. The first kappa shape index (κ1) is 19.8. The van der Waals surface area contributed by atoms with Gasteiger partial charge in [0.1, 0.15) is 5.75 Å².